The zero-order valence-corrected chi connectivity index (χ0v) is 18.2. The van der Waals surface area contributed by atoms with E-state index in [-0.39, 0.29) is 25.4 Å². The standard InChI is InChI=1S/C22H36O7/c1-13-15(6-8-20(3,28)10-11-23)21(4)9-7-16(29-14(2)25)22(5,12-24)19(21)18(27)17(13)26/h16,18-19,23-24,27-28H,6-12H2,1-5H3/t16-,18-,19-,20?,21-,22+/m1/s1. The molecule has 6 atom stereocenters. The molecule has 2 aliphatic rings. The predicted molar refractivity (Wildman–Crippen MR) is 107 cm³/mol. The minimum atomic E-state index is -1.29. The summed E-state index contributed by atoms with van der Waals surface area (Å²) in [5, 5.41) is 40.9. The molecule has 0 bridgehead atoms. The van der Waals surface area contributed by atoms with Gasteiger partial charge < -0.3 is 25.2 Å². The highest BCUT2D eigenvalue weighted by atomic mass is 16.5. The van der Waals surface area contributed by atoms with Crippen molar-refractivity contribution in [3.63, 3.8) is 0 Å². The maximum Gasteiger partial charge on any atom is 0.302 e. The van der Waals surface area contributed by atoms with Crippen LogP contribution in [0.25, 0.3) is 0 Å². The van der Waals surface area contributed by atoms with Crippen molar-refractivity contribution < 1.29 is 34.8 Å². The molecule has 29 heavy (non-hydrogen) atoms. The third-order valence-corrected chi connectivity index (χ3v) is 7.37. The fourth-order valence-electron chi connectivity index (χ4n) is 5.67. The number of ketones is 1. The molecule has 2 aliphatic carbocycles. The van der Waals surface area contributed by atoms with Crippen molar-refractivity contribution in [3.8, 4) is 0 Å². The summed E-state index contributed by atoms with van der Waals surface area (Å²) in [7, 11) is 0. The van der Waals surface area contributed by atoms with Crippen molar-refractivity contribution in [2.45, 2.75) is 84.5 Å². The van der Waals surface area contributed by atoms with Crippen molar-refractivity contribution in [1.82, 2.24) is 0 Å². The van der Waals surface area contributed by atoms with Gasteiger partial charge in [0.1, 0.15) is 12.2 Å². The molecule has 0 amide bonds. The first-order chi connectivity index (χ1) is 13.3. The fraction of sp³-hybridized carbons (Fsp3) is 0.818. The van der Waals surface area contributed by atoms with Crippen LogP contribution in [0.5, 0.6) is 0 Å². The molecule has 0 aromatic carbocycles. The molecule has 166 valence electrons. The first kappa shape index (κ1) is 24.0. The maximum atomic E-state index is 12.9. The second-order valence-corrected chi connectivity index (χ2v) is 9.58. The molecule has 0 heterocycles. The summed E-state index contributed by atoms with van der Waals surface area (Å²) in [6, 6.07) is 0. The van der Waals surface area contributed by atoms with Gasteiger partial charge in [0, 0.05) is 24.9 Å². The Bertz CT molecular complexity index is 683. The SMILES string of the molecule is CC(=O)O[C@@H]1CC[C@]2(C)C(CCC(C)(O)CCO)=C(C)C(=O)[C@@H](O)[C@H]2[C@@]1(C)CO. The van der Waals surface area contributed by atoms with Gasteiger partial charge in [-0.3, -0.25) is 9.59 Å². The lowest BCUT2D eigenvalue weighted by atomic mass is 9.47. The third-order valence-electron chi connectivity index (χ3n) is 7.37. The number of allylic oxidation sites excluding steroid dienone is 1. The molecular weight excluding hydrogens is 376 g/mol. The maximum absolute atomic E-state index is 12.9. The Balaban J connectivity index is 2.48. The van der Waals surface area contributed by atoms with E-state index in [9.17, 15) is 30.0 Å². The molecule has 7 nitrogen and oxygen atoms in total. The average Bonchev–Trinajstić information content (AvgIpc) is 2.62. The topological polar surface area (TPSA) is 124 Å². The van der Waals surface area contributed by atoms with Crippen LogP contribution in [0, 0.1) is 16.7 Å². The summed E-state index contributed by atoms with van der Waals surface area (Å²) in [6.45, 7) is 7.97. The molecular formula is C22H36O7. The summed E-state index contributed by atoms with van der Waals surface area (Å²) in [6.07, 6.45) is 0.261. The lowest BCUT2D eigenvalue weighted by Crippen LogP contribution is -2.62. The summed E-state index contributed by atoms with van der Waals surface area (Å²) in [5.74, 6) is -1.46. The highest BCUT2D eigenvalue weighted by molar-refractivity contribution is 6.00. The quantitative estimate of drug-likeness (QED) is 0.467. The highest BCUT2D eigenvalue weighted by Gasteiger charge is 2.62. The zero-order valence-electron chi connectivity index (χ0n) is 18.2. The number of esters is 1. The molecule has 0 aliphatic heterocycles. The van der Waals surface area contributed by atoms with Gasteiger partial charge in [0.25, 0.3) is 0 Å². The lowest BCUT2D eigenvalue weighted by Gasteiger charge is -2.58. The molecule has 4 N–H and O–H groups in total. The molecule has 7 heteroatoms. The van der Waals surface area contributed by atoms with E-state index in [2.05, 4.69) is 0 Å². The molecule has 0 spiro atoms. The number of hydrogen-bond acceptors (Lipinski definition) is 7. The summed E-state index contributed by atoms with van der Waals surface area (Å²) < 4.78 is 5.48. The van der Waals surface area contributed by atoms with Gasteiger partial charge in [-0.05, 0) is 56.9 Å². The van der Waals surface area contributed by atoms with Crippen LogP contribution in [0.15, 0.2) is 11.1 Å². The fourth-order valence-corrected chi connectivity index (χ4v) is 5.67. The molecule has 0 saturated heterocycles. The van der Waals surface area contributed by atoms with Gasteiger partial charge in [-0.2, -0.15) is 0 Å². The first-order valence-electron chi connectivity index (χ1n) is 10.4. The molecule has 0 radical (unpaired) electrons. The lowest BCUT2D eigenvalue weighted by molar-refractivity contribution is -0.189. The summed E-state index contributed by atoms with van der Waals surface area (Å²) in [4.78, 5) is 24.5. The molecule has 1 fully saturated rings. The smallest absolute Gasteiger partial charge is 0.302 e. The van der Waals surface area contributed by atoms with E-state index < -0.39 is 40.5 Å². The minimum Gasteiger partial charge on any atom is -0.462 e. The van der Waals surface area contributed by atoms with E-state index in [1.807, 2.05) is 6.92 Å². The van der Waals surface area contributed by atoms with Gasteiger partial charge in [0.05, 0.1) is 12.2 Å². The number of carbonyl (C=O) groups is 2. The van der Waals surface area contributed by atoms with Crippen molar-refractivity contribution in [1.29, 1.82) is 0 Å². The summed E-state index contributed by atoms with van der Waals surface area (Å²) in [5.41, 5.74) is -1.25. The molecule has 2 rings (SSSR count). The van der Waals surface area contributed by atoms with Gasteiger partial charge in [-0.1, -0.05) is 19.4 Å². The Hall–Kier alpha value is -1.28. The van der Waals surface area contributed by atoms with Gasteiger partial charge >= 0.3 is 5.97 Å². The molecule has 0 aromatic heterocycles. The largest absolute Gasteiger partial charge is 0.462 e. The normalized spacial score (nSPS) is 37.1. The van der Waals surface area contributed by atoms with Crippen LogP contribution >= 0.6 is 0 Å². The second kappa shape index (κ2) is 8.46. The number of aliphatic hydroxyl groups excluding tert-OH is 3. The number of aliphatic hydroxyl groups is 4. The van der Waals surface area contributed by atoms with Crippen LogP contribution < -0.4 is 0 Å². The minimum absolute atomic E-state index is 0.130. The number of ether oxygens (including phenoxy) is 1. The van der Waals surface area contributed by atoms with Crippen molar-refractivity contribution in [3.05, 3.63) is 11.1 Å². The monoisotopic (exact) mass is 412 g/mol. The van der Waals surface area contributed by atoms with E-state index in [0.29, 0.717) is 31.3 Å². The van der Waals surface area contributed by atoms with Crippen molar-refractivity contribution in [2.24, 2.45) is 16.7 Å². The van der Waals surface area contributed by atoms with Crippen molar-refractivity contribution >= 4 is 11.8 Å². The number of hydrogen-bond donors (Lipinski definition) is 4. The molecule has 0 aromatic rings. The van der Waals surface area contributed by atoms with Crippen LogP contribution in [0.3, 0.4) is 0 Å². The Morgan fingerprint density at radius 1 is 1.28 bits per heavy atom. The Labute approximate surface area is 172 Å². The van der Waals surface area contributed by atoms with E-state index in [4.69, 9.17) is 4.74 Å². The highest BCUT2D eigenvalue weighted by Crippen LogP contribution is 2.60. The molecule has 1 saturated carbocycles. The third kappa shape index (κ3) is 4.29. The van der Waals surface area contributed by atoms with Gasteiger partial charge in [0.15, 0.2) is 5.78 Å². The van der Waals surface area contributed by atoms with Crippen molar-refractivity contribution in [2.75, 3.05) is 13.2 Å². The van der Waals surface area contributed by atoms with Crippen LogP contribution in [-0.4, -0.2) is 63.2 Å². The number of carbonyl (C=O) groups excluding carboxylic acids is 2. The first-order valence-corrected chi connectivity index (χ1v) is 10.4. The summed E-state index contributed by atoms with van der Waals surface area (Å²) >= 11 is 0. The number of rotatable bonds is 7. The van der Waals surface area contributed by atoms with Gasteiger partial charge in [0.2, 0.25) is 0 Å². The Morgan fingerprint density at radius 2 is 1.90 bits per heavy atom. The van der Waals surface area contributed by atoms with E-state index in [1.54, 1.807) is 20.8 Å². The van der Waals surface area contributed by atoms with E-state index >= 15 is 0 Å². The molecule has 1 unspecified atom stereocenters. The number of fused-ring (bicyclic) bond motifs is 1. The Morgan fingerprint density at radius 3 is 2.41 bits per heavy atom. The zero-order chi connectivity index (χ0) is 22.2. The van der Waals surface area contributed by atoms with Crippen LogP contribution in [0.2, 0.25) is 0 Å². The second-order valence-electron chi connectivity index (χ2n) is 9.58. The van der Waals surface area contributed by atoms with E-state index in [0.717, 1.165) is 5.57 Å². The van der Waals surface area contributed by atoms with Crippen LogP contribution in [0.1, 0.15) is 66.7 Å². The van der Waals surface area contributed by atoms with E-state index in [1.165, 1.54) is 6.92 Å². The average molecular weight is 413 g/mol. The Kier molecular flexibility index (Phi) is 7.00. The predicted octanol–water partition coefficient (Wildman–Crippen LogP) is 1.51. The number of Topliss-reactive ketones (excluding diaryl/α,β-unsaturated/α-hetero) is 1. The van der Waals surface area contributed by atoms with Crippen LogP contribution in [0.4, 0.5) is 0 Å². The van der Waals surface area contributed by atoms with Gasteiger partial charge in [-0.25, -0.2) is 0 Å². The van der Waals surface area contributed by atoms with Crippen LogP contribution in [-0.2, 0) is 14.3 Å². The van der Waals surface area contributed by atoms with Gasteiger partial charge in [-0.15, -0.1) is 0 Å².